The zero-order valence-corrected chi connectivity index (χ0v) is 9.70. The van der Waals surface area contributed by atoms with Crippen LogP contribution in [0.25, 0.3) is 0 Å². The zero-order valence-electron chi connectivity index (χ0n) is 9.70. The first kappa shape index (κ1) is 12.3. The molecule has 0 aromatic rings. The molecule has 1 rings (SSSR count). The number of hydrogen-bond acceptors (Lipinski definition) is 3. The van der Waals surface area contributed by atoms with E-state index in [9.17, 15) is 0 Å². The Kier molecular flexibility index (Phi) is 5.42. The quantitative estimate of drug-likeness (QED) is 0.220. The monoisotopic (exact) mass is 214 g/mol. The van der Waals surface area contributed by atoms with Crippen molar-refractivity contribution in [1.82, 2.24) is 10.3 Å². The minimum Gasteiger partial charge on any atom is -0.380 e. The van der Waals surface area contributed by atoms with Crippen LogP contribution in [0.15, 0.2) is 4.99 Å². The van der Waals surface area contributed by atoms with E-state index in [0.717, 1.165) is 32.3 Å². The SMILES string of the molecule is CCOCCN(CC)C(=NC1CC1)NN. The average Bonchev–Trinajstić information content (AvgIpc) is 3.06. The van der Waals surface area contributed by atoms with Crippen molar-refractivity contribution in [2.24, 2.45) is 10.8 Å². The Hall–Kier alpha value is -0.810. The molecule has 1 aliphatic rings. The van der Waals surface area contributed by atoms with Crippen molar-refractivity contribution >= 4 is 5.96 Å². The molecular formula is C10H22N4O. The van der Waals surface area contributed by atoms with E-state index in [0.29, 0.717) is 6.04 Å². The van der Waals surface area contributed by atoms with Gasteiger partial charge >= 0.3 is 0 Å². The van der Waals surface area contributed by atoms with Crippen LogP contribution >= 0.6 is 0 Å². The van der Waals surface area contributed by atoms with Gasteiger partial charge in [-0.2, -0.15) is 0 Å². The van der Waals surface area contributed by atoms with Crippen LogP contribution in [-0.4, -0.2) is 43.2 Å². The van der Waals surface area contributed by atoms with Gasteiger partial charge in [-0.25, -0.2) is 10.8 Å². The van der Waals surface area contributed by atoms with Crippen LogP contribution in [-0.2, 0) is 4.74 Å². The maximum atomic E-state index is 5.47. The lowest BCUT2D eigenvalue weighted by atomic mass is 10.5. The first-order valence-corrected chi connectivity index (χ1v) is 5.68. The summed E-state index contributed by atoms with van der Waals surface area (Å²) in [6.45, 7) is 7.28. The summed E-state index contributed by atoms with van der Waals surface area (Å²) >= 11 is 0. The molecule has 0 aliphatic heterocycles. The fraction of sp³-hybridized carbons (Fsp3) is 0.900. The van der Waals surface area contributed by atoms with E-state index in [2.05, 4.69) is 22.2 Å². The van der Waals surface area contributed by atoms with Crippen molar-refractivity contribution in [2.45, 2.75) is 32.7 Å². The summed E-state index contributed by atoms with van der Waals surface area (Å²) in [6.07, 6.45) is 2.38. The molecule has 5 nitrogen and oxygen atoms in total. The Labute approximate surface area is 91.6 Å². The number of hydrogen-bond donors (Lipinski definition) is 2. The molecule has 0 aromatic carbocycles. The molecule has 0 bridgehead atoms. The molecule has 1 fully saturated rings. The van der Waals surface area contributed by atoms with Gasteiger partial charge in [-0.05, 0) is 26.7 Å². The number of nitrogens with zero attached hydrogens (tertiary/aromatic N) is 2. The molecule has 0 radical (unpaired) electrons. The number of nitrogens with two attached hydrogens (primary N) is 1. The fourth-order valence-electron chi connectivity index (χ4n) is 1.32. The summed E-state index contributed by atoms with van der Waals surface area (Å²) in [5.41, 5.74) is 2.67. The fourth-order valence-corrected chi connectivity index (χ4v) is 1.32. The van der Waals surface area contributed by atoms with Crippen molar-refractivity contribution in [3.05, 3.63) is 0 Å². The van der Waals surface area contributed by atoms with Crippen molar-refractivity contribution in [2.75, 3.05) is 26.3 Å². The van der Waals surface area contributed by atoms with Crippen LogP contribution in [0.5, 0.6) is 0 Å². The van der Waals surface area contributed by atoms with Crippen molar-refractivity contribution in [3.8, 4) is 0 Å². The standard InChI is InChI=1S/C10H22N4O/c1-3-14(7-8-15-4-2)10(13-11)12-9-5-6-9/h9H,3-8,11H2,1-2H3,(H,12,13). The maximum Gasteiger partial charge on any atom is 0.208 e. The average molecular weight is 214 g/mol. The third-order valence-electron chi connectivity index (χ3n) is 2.37. The number of aliphatic imine (C=N–C) groups is 1. The topological polar surface area (TPSA) is 62.9 Å². The second-order valence-electron chi connectivity index (χ2n) is 3.60. The lowest BCUT2D eigenvalue weighted by molar-refractivity contribution is 0.132. The predicted octanol–water partition coefficient (Wildman–Crippen LogP) is 0.327. The molecule has 0 unspecified atom stereocenters. The van der Waals surface area contributed by atoms with Crippen molar-refractivity contribution in [1.29, 1.82) is 0 Å². The van der Waals surface area contributed by atoms with Gasteiger partial charge in [-0.15, -0.1) is 0 Å². The third-order valence-corrected chi connectivity index (χ3v) is 2.37. The lowest BCUT2D eigenvalue weighted by Gasteiger charge is -2.23. The summed E-state index contributed by atoms with van der Waals surface area (Å²) < 4.78 is 5.32. The lowest BCUT2D eigenvalue weighted by Crippen LogP contribution is -2.46. The molecule has 0 aromatic heterocycles. The molecule has 0 spiro atoms. The van der Waals surface area contributed by atoms with Gasteiger partial charge in [0, 0.05) is 19.7 Å². The second kappa shape index (κ2) is 6.63. The van der Waals surface area contributed by atoms with Gasteiger partial charge in [0.25, 0.3) is 0 Å². The molecule has 1 aliphatic carbocycles. The van der Waals surface area contributed by atoms with Gasteiger partial charge in [-0.1, -0.05) is 0 Å². The summed E-state index contributed by atoms with van der Waals surface area (Å²) in [4.78, 5) is 6.61. The number of guanidine groups is 1. The van der Waals surface area contributed by atoms with Crippen LogP contribution < -0.4 is 11.3 Å². The molecule has 0 amide bonds. The highest BCUT2D eigenvalue weighted by molar-refractivity contribution is 5.79. The summed E-state index contributed by atoms with van der Waals surface area (Å²) in [7, 11) is 0. The molecular weight excluding hydrogens is 192 g/mol. The molecule has 15 heavy (non-hydrogen) atoms. The van der Waals surface area contributed by atoms with E-state index in [1.165, 1.54) is 12.8 Å². The Balaban J connectivity index is 2.38. The van der Waals surface area contributed by atoms with Gasteiger partial charge in [0.2, 0.25) is 5.96 Å². The van der Waals surface area contributed by atoms with Gasteiger partial charge < -0.3 is 9.64 Å². The number of nitrogens with one attached hydrogen (secondary N) is 1. The Bertz CT molecular complexity index is 204. The summed E-state index contributed by atoms with van der Waals surface area (Å²) in [5.74, 6) is 6.26. The number of likely N-dealkylation sites (N-methyl/N-ethyl adjacent to an activating group) is 1. The smallest absolute Gasteiger partial charge is 0.208 e. The van der Waals surface area contributed by atoms with Crippen LogP contribution in [0.3, 0.4) is 0 Å². The minimum absolute atomic E-state index is 0.484. The first-order chi connectivity index (χ1) is 7.31. The molecule has 0 atom stereocenters. The van der Waals surface area contributed by atoms with E-state index >= 15 is 0 Å². The Morgan fingerprint density at radius 3 is 2.73 bits per heavy atom. The van der Waals surface area contributed by atoms with E-state index in [4.69, 9.17) is 10.6 Å². The van der Waals surface area contributed by atoms with Crippen LogP contribution in [0.4, 0.5) is 0 Å². The normalized spacial score (nSPS) is 16.6. The highest BCUT2D eigenvalue weighted by Crippen LogP contribution is 2.23. The number of rotatable bonds is 6. The van der Waals surface area contributed by atoms with E-state index in [-0.39, 0.29) is 0 Å². The van der Waals surface area contributed by atoms with E-state index < -0.39 is 0 Å². The van der Waals surface area contributed by atoms with Crippen LogP contribution in [0.1, 0.15) is 26.7 Å². The molecule has 0 saturated heterocycles. The van der Waals surface area contributed by atoms with Crippen molar-refractivity contribution in [3.63, 3.8) is 0 Å². The van der Waals surface area contributed by atoms with Gasteiger partial charge in [0.05, 0.1) is 12.6 Å². The Morgan fingerprint density at radius 2 is 2.27 bits per heavy atom. The minimum atomic E-state index is 0.484. The highest BCUT2D eigenvalue weighted by Gasteiger charge is 2.22. The predicted molar refractivity (Wildman–Crippen MR) is 61.5 cm³/mol. The van der Waals surface area contributed by atoms with Gasteiger partial charge in [0.1, 0.15) is 0 Å². The molecule has 1 saturated carbocycles. The van der Waals surface area contributed by atoms with E-state index in [1.807, 2.05) is 6.92 Å². The zero-order chi connectivity index (χ0) is 11.1. The molecule has 3 N–H and O–H groups in total. The molecule has 0 heterocycles. The second-order valence-corrected chi connectivity index (χ2v) is 3.60. The largest absolute Gasteiger partial charge is 0.380 e. The molecule has 88 valence electrons. The maximum absolute atomic E-state index is 5.47. The van der Waals surface area contributed by atoms with Crippen LogP contribution in [0.2, 0.25) is 0 Å². The first-order valence-electron chi connectivity index (χ1n) is 5.68. The van der Waals surface area contributed by atoms with Gasteiger partial charge in [-0.3, -0.25) is 5.43 Å². The van der Waals surface area contributed by atoms with Crippen LogP contribution in [0, 0.1) is 0 Å². The summed E-state index contributed by atoms with van der Waals surface area (Å²) in [5, 5.41) is 0. The number of ether oxygens (including phenoxy) is 1. The van der Waals surface area contributed by atoms with Gasteiger partial charge in [0.15, 0.2) is 0 Å². The number of hydrazine groups is 1. The van der Waals surface area contributed by atoms with Crippen molar-refractivity contribution < 1.29 is 4.74 Å². The highest BCUT2D eigenvalue weighted by atomic mass is 16.5. The summed E-state index contributed by atoms with van der Waals surface area (Å²) in [6, 6.07) is 0.484. The van der Waals surface area contributed by atoms with E-state index in [1.54, 1.807) is 0 Å². The third kappa shape index (κ3) is 4.48. The Morgan fingerprint density at radius 1 is 1.53 bits per heavy atom. The molecule has 5 heteroatoms.